The van der Waals surface area contributed by atoms with E-state index >= 15 is 0 Å². The molecule has 108 valence electrons. The smallest absolute Gasteiger partial charge is 0.242 e. The van der Waals surface area contributed by atoms with Gasteiger partial charge in [-0.3, -0.25) is 9.59 Å². The highest BCUT2D eigenvalue weighted by Crippen LogP contribution is 2.26. The van der Waals surface area contributed by atoms with E-state index in [0.717, 1.165) is 32.5 Å². The van der Waals surface area contributed by atoms with E-state index in [0.29, 0.717) is 12.3 Å². The van der Waals surface area contributed by atoms with E-state index < -0.39 is 5.54 Å². The standard InChI is InChI=1S/C14H25N3O2/c1-4-15-14(2,3)13(19)17-8-7-11-10(9-17)5-6-12(18)16-11/h10-11,15H,4-9H2,1-3H3,(H,16,18). The van der Waals surface area contributed by atoms with Crippen LogP contribution in [-0.4, -0.2) is 47.9 Å². The molecule has 5 nitrogen and oxygen atoms in total. The maximum Gasteiger partial charge on any atom is 0.242 e. The van der Waals surface area contributed by atoms with Gasteiger partial charge in [0.05, 0.1) is 5.54 Å². The van der Waals surface area contributed by atoms with Crippen LogP contribution in [0, 0.1) is 5.92 Å². The second-order valence-electron chi connectivity index (χ2n) is 6.17. The van der Waals surface area contributed by atoms with Crippen LogP contribution >= 0.6 is 0 Å². The van der Waals surface area contributed by atoms with Crippen LogP contribution in [0.25, 0.3) is 0 Å². The number of nitrogens with one attached hydrogen (secondary N) is 2. The number of rotatable bonds is 3. The van der Waals surface area contributed by atoms with Gasteiger partial charge < -0.3 is 15.5 Å². The molecule has 2 atom stereocenters. The molecule has 2 amide bonds. The lowest BCUT2D eigenvalue weighted by Crippen LogP contribution is -2.60. The zero-order chi connectivity index (χ0) is 14.0. The van der Waals surface area contributed by atoms with Crippen molar-refractivity contribution in [1.82, 2.24) is 15.5 Å². The van der Waals surface area contributed by atoms with E-state index in [1.54, 1.807) is 0 Å². The van der Waals surface area contributed by atoms with Crippen LogP contribution in [0.1, 0.15) is 40.0 Å². The topological polar surface area (TPSA) is 61.4 Å². The summed E-state index contributed by atoms with van der Waals surface area (Å²) in [5.74, 6) is 0.756. The van der Waals surface area contributed by atoms with Gasteiger partial charge in [0, 0.05) is 25.6 Å². The van der Waals surface area contributed by atoms with E-state index in [4.69, 9.17) is 0 Å². The van der Waals surface area contributed by atoms with Crippen LogP contribution in [0.15, 0.2) is 0 Å². The average molecular weight is 267 g/mol. The summed E-state index contributed by atoms with van der Waals surface area (Å²) in [4.78, 5) is 25.9. The van der Waals surface area contributed by atoms with Crippen molar-refractivity contribution in [1.29, 1.82) is 0 Å². The minimum Gasteiger partial charge on any atom is -0.353 e. The molecule has 2 rings (SSSR count). The van der Waals surface area contributed by atoms with Gasteiger partial charge in [-0.05, 0) is 39.2 Å². The fraction of sp³-hybridized carbons (Fsp3) is 0.857. The molecule has 0 aromatic carbocycles. The Kier molecular flexibility index (Phi) is 4.13. The molecule has 0 aliphatic carbocycles. The van der Waals surface area contributed by atoms with Gasteiger partial charge in [-0.25, -0.2) is 0 Å². The Labute approximate surface area is 115 Å². The lowest BCUT2D eigenvalue weighted by Gasteiger charge is -2.43. The lowest BCUT2D eigenvalue weighted by atomic mass is 9.84. The Balaban J connectivity index is 1.97. The molecule has 2 saturated heterocycles. The molecule has 0 bridgehead atoms. The van der Waals surface area contributed by atoms with Gasteiger partial charge in [-0.1, -0.05) is 6.92 Å². The third-order valence-corrected chi connectivity index (χ3v) is 4.26. The molecule has 2 unspecified atom stereocenters. The van der Waals surface area contributed by atoms with Crippen molar-refractivity contribution >= 4 is 11.8 Å². The van der Waals surface area contributed by atoms with Crippen LogP contribution in [-0.2, 0) is 9.59 Å². The molecule has 2 heterocycles. The molecule has 0 aromatic rings. The predicted octanol–water partition coefficient (Wildman–Crippen LogP) is 0.502. The second-order valence-corrected chi connectivity index (χ2v) is 6.17. The zero-order valence-electron chi connectivity index (χ0n) is 12.2. The summed E-state index contributed by atoms with van der Waals surface area (Å²) in [5.41, 5.74) is -0.500. The van der Waals surface area contributed by atoms with Crippen LogP contribution in [0.2, 0.25) is 0 Å². The van der Waals surface area contributed by atoms with E-state index in [1.807, 2.05) is 25.7 Å². The van der Waals surface area contributed by atoms with E-state index in [-0.39, 0.29) is 17.9 Å². The summed E-state index contributed by atoms with van der Waals surface area (Å²) in [7, 11) is 0. The molecule has 0 saturated carbocycles. The lowest BCUT2D eigenvalue weighted by molar-refractivity contribution is -0.140. The van der Waals surface area contributed by atoms with E-state index in [1.165, 1.54) is 0 Å². The molecular formula is C14H25N3O2. The Morgan fingerprint density at radius 3 is 2.89 bits per heavy atom. The van der Waals surface area contributed by atoms with Gasteiger partial charge in [0.1, 0.15) is 0 Å². The van der Waals surface area contributed by atoms with Gasteiger partial charge in [0.15, 0.2) is 0 Å². The van der Waals surface area contributed by atoms with E-state index in [2.05, 4.69) is 10.6 Å². The van der Waals surface area contributed by atoms with Crippen molar-refractivity contribution in [3.63, 3.8) is 0 Å². The predicted molar refractivity (Wildman–Crippen MR) is 73.6 cm³/mol. The van der Waals surface area contributed by atoms with Crippen LogP contribution < -0.4 is 10.6 Å². The first-order valence-electron chi connectivity index (χ1n) is 7.28. The van der Waals surface area contributed by atoms with Gasteiger partial charge in [0.25, 0.3) is 0 Å². The number of fused-ring (bicyclic) bond motifs is 1. The van der Waals surface area contributed by atoms with Crippen molar-refractivity contribution in [3.05, 3.63) is 0 Å². The molecule has 2 aliphatic rings. The van der Waals surface area contributed by atoms with Crippen LogP contribution in [0.4, 0.5) is 0 Å². The summed E-state index contributed by atoms with van der Waals surface area (Å²) < 4.78 is 0. The number of hydrogen-bond donors (Lipinski definition) is 2. The Bertz CT molecular complexity index is 368. The number of amides is 2. The number of piperidine rings is 2. The summed E-state index contributed by atoms with van der Waals surface area (Å²) in [6, 6.07) is 0.271. The number of nitrogens with zero attached hydrogens (tertiary/aromatic N) is 1. The maximum atomic E-state index is 12.5. The van der Waals surface area contributed by atoms with Crippen molar-refractivity contribution in [2.45, 2.75) is 51.6 Å². The Morgan fingerprint density at radius 2 is 2.21 bits per heavy atom. The quantitative estimate of drug-likeness (QED) is 0.783. The van der Waals surface area contributed by atoms with Crippen LogP contribution in [0.5, 0.6) is 0 Å². The molecule has 5 heteroatoms. The summed E-state index contributed by atoms with van der Waals surface area (Å²) in [6.07, 6.45) is 2.38. The van der Waals surface area contributed by atoms with Gasteiger partial charge >= 0.3 is 0 Å². The number of likely N-dealkylation sites (N-methyl/N-ethyl adjacent to an activating group) is 1. The fourth-order valence-corrected chi connectivity index (χ4v) is 3.21. The maximum absolute atomic E-state index is 12.5. The number of carbonyl (C=O) groups excluding carboxylic acids is 2. The van der Waals surface area contributed by atoms with Gasteiger partial charge in [-0.15, -0.1) is 0 Å². The molecule has 0 radical (unpaired) electrons. The monoisotopic (exact) mass is 267 g/mol. The summed E-state index contributed by atoms with van der Waals surface area (Å²) in [5, 5.41) is 6.29. The molecular weight excluding hydrogens is 242 g/mol. The van der Waals surface area contributed by atoms with Crippen molar-refractivity contribution in [2.75, 3.05) is 19.6 Å². The minimum atomic E-state index is -0.500. The largest absolute Gasteiger partial charge is 0.353 e. The number of carbonyl (C=O) groups is 2. The minimum absolute atomic E-state index is 0.161. The fourth-order valence-electron chi connectivity index (χ4n) is 3.21. The number of hydrogen-bond acceptors (Lipinski definition) is 3. The highest BCUT2D eigenvalue weighted by molar-refractivity contribution is 5.85. The first kappa shape index (κ1) is 14.3. The van der Waals surface area contributed by atoms with E-state index in [9.17, 15) is 9.59 Å². The first-order chi connectivity index (χ1) is 8.94. The summed E-state index contributed by atoms with van der Waals surface area (Å²) in [6.45, 7) is 8.20. The molecule has 0 spiro atoms. The normalized spacial score (nSPS) is 27.7. The summed E-state index contributed by atoms with van der Waals surface area (Å²) >= 11 is 0. The Morgan fingerprint density at radius 1 is 1.47 bits per heavy atom. The number of likely N-dealkylation sites (tertiary alicyclic amines) is 1. The Hall–Kier alpha value is -1.10. The van der Waals surface area contributed by atoms with Gasteiger partial charge in [0.2, 0.25) is 11.8 Å². The van der Waals surface area contributed by atoms with Gasteiger partial charge in [-0.2, -0.15) is 0 Å². The van der Waals surface area contributed by atoms with Crippen LogP contribution in [0.3, 0.4) is 0 Å². The van der Waals surface area contributed by atoms with Crippen molar-refractivity contribution < 1.29 is 9.59 Å². The molecule has 2 N–H and O–H groups in total. The first-order valence-corrected chi connectivity index (χ1v) is 7.28. The van der Waals surface area contributed by atoms with Crippen molar-refractivity contribution in [3.8, 4) is 0 Å². The second kappa shape index (κ2) is 5.49. The third kappa shape index (κ3) is 3.08. The van der Waals surface area contributed by atoms with Crippen molar-refractivity contribution in [2.24, 2.45) is 5.92 Å². The zero-order valence-corrected chi connectivity index (χ0v) is 12.2. The third-order valence-electron chi connectivity index (χ3n) is 4.26. The molecule has 2 fully saturated rings. The SMILES string of the molecule is CCNC(C)(C)C(=O)N1CCC2NC(=O)CCC2C1. The highest BCUT2D eigenvalue weighted by atomic mass is 16.2. The molecule has 19 heavy (non-hydrogen) atoms. The average Bonchev–Trinajstić information content (AvgIpc) is 2.37. The highest BCUT2D eigenvalue weighted by Gasteiger charge is 2.39. The molecule has 0 aromatic heterocycles. The molecule has 2 aliphatic heterocycles.